The Morgan fingerprint density at radius 1 is 1.38 bits per heavy atom. The van der Waals surface area contributed by atoms with E-state index in [-0.39, 0.29) is 17.0 Å². The summed E-state index contributed by atoms with van der Waals surface area (Å²) in [6.07, 6.45) is 3.89. The minimum Gasteiger partial charge on any atom is -0.345 e. The highest BCUT2D eigenvalue weighted by Gasteiger charge is 2.38. The van der Waals surface area contributed by atoms with Crippen LogP contribution in [0, 0.1) is 24.5 Å². The molecule has 0 radical (unpaired) electrons. The van der Waals surface area contributed by atoms with Gasteiger partial charge in [0.2, 0.25) is 0 Å². The van der Waals surface area contributed by atoms with Crippen molar-refractivity contribution in [2.45, 2.75) is 45.1 Å². The van der Waals surface area contributed by atoms with E-state index >= 15 is 0 Å². The molecule has 1 aromatic carbocycles. The largest absolute Gasteiger partial charge is 0.345 e. The van der Waals surface area contributed by atoms with Crippen LogP contribution in [-0.4, -0.2) is 18.0 Å². The number of halogens is 2. The van der Waals surface area contributed by atoms with Crippen molar-refractivity contribution < 1.29 is 13.6 Å². The molecule has 1 fully saturated rings. The summed E-state index contributed by atoms with van der Waals surface area (Å²) < 4.78 is 27.1. The molecule has 1 aliphatic rings. The molecular formula is C16H22F2N2O. The van der Waals surface area contributed by atoms with Gasteiger partial charge in [-0.3, -0.25) is 4.79 Å². The van der Waals surface area contributed by atoms with Crippen LogP contribution < -0.4 is 11.1 Å². The van der Waals surface area contributed by atoms with Gasteiger partial charge in [-0.1, -0.05) is 19.8 Å². The zero-order valence-electron chi connectivity index (χ0n) is 12.5. The van der Waals surface area contributed by atoms with E-state index in [4.69, 9.17) is 5.73 Å². The first-order valence-electron chi connectivity index (χ1n) is 7.38. The molecule has 21 heavy (non-hydrogen) atoms. The zero-order valence-corrected chi connectivity index (χ0v) is 12.5. The molecule has 1 saturated carbocycles. The fourth-order valence-corrected chi connectivity index (χ4v) is 3.08. The maximum absolute atomic E-state index is 13.8. The maximum atomic E-state index is 13.8. The summed E-state index contributed by atoms with van der Waals surface area (Å²) in [7, 11) is 0. The second-order valence-electron chi connectivity index (χ2n) is 6.04. The third-order valence-corrected chi connectivity index (χ3v) is 4.67. The molecule has 3 nitrogen and oxygen atoms in total. The second-order valence-corrected chi connectivity index (χ2v) is 6.04. The normalized spacial score (nSPS) is 25.7. The lowest BCUT2D eigenvalue weighted by atomic mass is 9.73. The number of carbonyl (C=O) groups is 1. The average Bonchev–Trinajstić information content (AvgIpc) is 2.45. The quantitative estimate of drug-likeness (QED) is 0.901. The van der Waals surface area contributed by atoms with E-state index in [1.165, 1.54) is 13.0 Å². The van der Waals surface area contributed by atoms with Gasteiger partial charge in [-0.25, -0.2) is 8.78 Å². The van der Waals surface area contributed by atoms with Gasteiger partial charge in [0.05, 0.1) is 11.1 Å². The molecule has 2 rings (SSSR count). The number of nitrogens with one attached hydrogen (secondary N) is 1. The van der Waals surface area contributed by atoms with Crippen LogP contribution in [-0.2, 0) is 0 Å². The molecule has 0 bridgehead atoms. The van der Waals surface area contributed by atoms with Crippen LogP contribution in [0.1, 0.15) is 48.5 Å². The van der Waals surface area contributed by atoms with Crippen molar-refractivity contribution in [2.75, 3.05) is 6.54 Å². The standard InChI is InChI=1S/C16H22F2N2O/c1-10-7-12(14(18)8-13(10)17)15(21)20-16(9-19)6-4-3-5-11(16)2/h7-8,11H,3-6,9,19H2,1-2H3,(H,20,21). The molecule has 1 aromatic rings. The highest BCUT2D eigenvalue weighted by molar-refractivity contribution is 5.95. The summed E-state index contributed by atoms with van der Waals surface area (Å²) in [5, 5.41) is 2.91. The van der Waals surface area contributed by atoms with Gasteiger partial charge in [-0.15, -0.1) is 0 Å². The van der Waals surface area contributed by atoms with Gasteiger partial charge >= 0.3 is 0 Å². The number of benzene rings is 1. The van der Waals surface area contributed by atoms with Gasteiger partial charge in [0, 0.05) is 12.6 Å². The monoisotopic (exact) mass is 296 g/mol. The predicted molar refractivity (Wildman–Crippen MR) is 78.0 cm³/mol. The van der Waals surface area contributed by atoms with Crippen LogP contribution in [0.4, 0.5) is 8.78 Å². The predicted octanol–water partition coefficient (Wildman–Crippen LogP) is 2.91. The van der Waals surface area contributed by atoms with Gasteiger partial charge in [0.15, 0.2) is 0 Å². The first-order chi connectivity index (χ1) is 9.89. The lowest BCUT2D eigenvalue weighted by Crippen LogP contribution is -2.59. The van der Waals surface area contributed by atoms with Crippen molar-refractivity contribution in [2.24, 2.45) is 11.7 Å². The molecule has 2 atom stereocenters. The summed E-state index contributed by atoms with van der Waals surface area (Å²) >= 11 is 0. The molecule has 0 aromatic heterocycles. The molecule has 116 valence electrons. The third-order valence-electron chi connectivity index (χ3n) is 4.67. The fraction of sp³-hybridized carbons (Fsp3) is 0.562. The van der Waals surface area contributed by atoms with E-state index in [0.717, 1.165) is 31.7 Å². The number of carbonyl (C=O) groups excluding carboxylic acids is 1. The van der Waals surface area contributed by atoms with Gasteiger partial charge in [-0.2, -0.15) is 0 Å². The third kappa shape index (κ3) is 3.07. The van der Waals surface area contributed by atoms with Gasteiger partial charge < -0.3 is 11.1 Å². The van der Waals surface area contributed by atoms with Crippen LogP contribution in [0.25, 0.3) is 0 Å². The molecule has 0 aliphatic heterocycles. The summed E-state index contributed by atoms with van der Waals surface area (Å²) in [4.78, 5) is 12.4. The Labute approximate surface area is 123 Å². The van der Waals surface area contributed by atoms with Gasteiger partial charge in [0.1, 0.15) is 11.6 Å². The van der Waals surface area contributed by atoms with E-state index in [1.807, 2.05) is 0 Å². The number of rotatable bonds is 3. The molecule has 1 aliphatic carbocycles. The minimum atomic E-state index is -0.841. The number of hydrogen-bond donors (Lipinski definition) is 2. The molecule has 2 unspecified atom stereocenters. The first-order valence-corrected chi connectivity index (χ1v) is 7.38. The van der Waals surface area contributed by atoms with Crippen molar-refractivity contribution in [3.05, 3.63) is 34.9 Å². The summed E-state index contributed by atoms with van der Waals surface area (Å²) in [5.41, 5.74) is 5.51. The summed E-state index contributed by atoms with van der Waals surface area (Å²) in [5.74, 6) is -1.77. The second kappa shape index (κ2) is 6.10. The first kappa shape index (κ1) is 15.9. The minimum absolute atomic E-state index is 0.125. The smallest absolute Gasteiger partial charge is 0.254 e. The molecule has 1 amide bonds. The van der Waals surface area contributed by atoms with Gasteiger partial charge in [-0.05, 0) is 37.3 Å². The number of amides is 1. The zero-order chi connectivity index (χ0) is 15.6. The molecule has 0 saturated heterocycles. The molecular weight excluding hydrogens is 274 g/mol. The Morgan fingerprint density at radius 3 is 2.71 bits per heavy atom. The van der Waals surface area contributed by atoms with Crippen molar-refractivity contribution >= 4 is 5.91 Å². The van der Waals surface area contributed by atoms with E-state index in [2.05, 4.69) is 12.2 Å². The Hall–Kier alpha value is -1.49. The molecule has 5 heteroatoms. The van der Waals surface area contributed by atoms with E-state index < -0.39 is 23.1 Å². The van der Waals surface area contributed by atoms with Gasteiger partial charge in [0.25, 0.3) is 5.91 Å². The van der Waals surface area contributed by atoms with Crippen molar-refractivity contribution in [3.8, 4) is 0 Å². The van der Waals surface area contributed by atoms with Crippen molar-refractivity contribution in [1.29, 1.82) is 0 Å². The highest BCUT2D eigenvalue weighted by atomic mass is 19.1. The summed E-state index contributed by atoms with van der Waals surface area (Å²) in [6, 6.07) is 2.00. The van der Waals surface area contributed by atoms with Crippen LogP contribution in [0.5, 0.6) is 0 Å². The van der Waals surface area contributed by atoms with E-state index in [1.54, 1.807) is 0 Å². The number of hydrogen-bond acceptors (Lipinski definition) is 2. The molecule has 0 spiro atoms. The Morgan fingerprint density at radius 2 is 2.10 bits per heavy atom. The van der Waals surface area contributed by atoms with Crippen LogP contribution in [0.15, 0.2) is 12.1 Å². The number of aryl methyl sites for hydroxylation is 1. The Bertz CT molecular complexity index is 547. The van der Waals surface area contributed by atoms with E-state index in [9.17, 15) is 13.6 Å². The highest BCUT2D eigenvalue weighted by Crippen LogP contribution is 2.33. The average molecular weight is 296 g/mol. The fourth-order valence-electron chi connectivity index (χ4n) is 3.08. The molecule has 0 heterocycles. The van der Waals surface area contributed by atoms with Crippen molar-refractivity contribution in [1.82, 2.24) is 5.32 Å². The Kier molecular flexibility index (Phi) is 4.61. The van der Waals surface area contributed by atoms with E-state index in [0.29, 0.717) is 6.54 Å². The lowest BCUT2D eigenvalue weighted by molar-refractivity contribution is 0.0808. The molecule has 3 N–H and O–H groups in total. The lowest BCUT2D eigenvalue weighted by Gasteiger charge is -2.42. The SMILES string of the molecule is Cc1cc(C(=O)NC2(CN)CCCCC2C)c(F)cc1F. The van der Waals surface area contributed by atoms with Crippen LogP contribution in [0.2, 0.25) is 0 Å². The van der Waals surface area contributed by atoms with Crippen LogP contribution >= 0.6 is 0 Å². The Balaban J connectivity index is 2.26. The summed E-state index contributed by atoms with van der Waals surface area (Å²) in [6.45, 7) is 3.88. The number of nitrogens with two attached hydrogens (primary N) is 1. The van der Waals surface area contributed by atoms with Crippen molar-refractivity contribution in [3.63, 3.8) is 0 Å². The topological polar surface area (TPSA) is 55.1 Å². The maximum Gasteiger partial charge on any atom is 0.254 e. The van der Waals surface area contributed by atoms with Crippen LogP contribution in [0.3, 0.4) is 0 Å².